The molecule has 2 aromatic carbocycles. The Morgan fingerprint density at radius 3 is 2.41 bits per heavy atom. The van der Waals surface area contributed by atoms with Crippen molar-refractivity contribution in [3.05, 3.63) is 64.3 Å². The molecule has 0 bridgehead atoms. The lowest BCUT2D eigenvalue weighted by molar-refractivity contribution is -0.136. The minimum Gasteiger partial charge on any atom is -0.493 e. The number of rotatable bonds is 8. The number of carbonyl (C=O) groups is 2. The second kappa shape index (κ2) is 9.27. The Morgan fingerprint density at radius 2 is 1.79 bits per heavy atom. The van der Waals surface area contributed by atoms with Crippen molar-refractivity contribution in [3.8, 4) is 5.75 Å². The van der Waals surface area contributed by atoms with Gasteiger partial charge in [-0.05, 0) is 48.2 Å². The summed E-state index contributed by atoms with van der Waals surface area (Å²) in [5.74, 6) is 0.596. The summed E-state index contributed by atoms with van der Waals surface area (Å²) in [5.41, 5.74) is 2.12. The molecule has 0 saturated carbocycles. The third-order valence-corrected chi connectivity index (χ3v) is 4.93. The van der Waals surface area contributed by atoms with Crippen molar-refractivity contribution in [2.45, 2.75) is 27.2 Å². The van der Waals surface area contributed by atoms with Gasteiger partial charge in [0.2, 0.25) is 0 Å². The van der Waals surface area contributed by atoms with E-state index in [2.05, 4.69) is 35.1 Å². The lowest BCUT2D eigenvalue weighted by Crippen LogP contribution is -2.33. The van der Waals surface area contributed by atoms with Crippen LogP contribution in [0.15, 0.2) is 58.7 Å². The van der Waals surface area contributed by atoms with Crippen molar-refractivity contribution >= 4 is 39.0 Å². The van der Waals surface area contributed by atoms with Crippen LogP contribution in [0, 0.1) is 5.92 Å². The summed E-state index contributed by atoms with van der Waals surface area (Å²) in [4.78, 5) is 27.3. The number of ether oxygens (including phenoxy) is 1. The maximum Gasteiger partial charge on any atom is 0.278 e. The van der Waals surface area contributed by atoms with Crippen molar-refractivity contribution < 1.29 is 14.3 Å². The van der Waals surface area contributed by atoms with Gasteiger partial charge in [-0.15, -0.1) is 0 Å². The van der Waals surface area contributed by atoms with E-state index in [-0.39, 0.29) is 11.8 Å². The van der Waals surface area contributed by atoms with Gasteiger partial charge in [0.1, 0.15) is 11.4 Å². The molecule has 1 N–H and O–H groups in total. The second-order valence-electron chi connectivity index (χ2n) is 7.38. The van der Waals surface area contributed by atoms with E-state index in [1.165, 1.54) is 4.90 Å². The fourth-order valence-corrected chi connectivity index (χ4v) is 3.48. The molecule has 1 aliphatic rings. The van der Waals surface area contributed by atoms with E-state index >= 15 is 0 Å². The first-order valence-electron chi connectivity index (χ1n) is 9.77. The van der Waals surface area contributed by atoms with E-state index < -0.39 is 0 Å². The zero-order valence-electron chi connectivity index (χ0n) is 16.9. The van der Waals surface area contributed by atoms with E-state index in [1.807, 2.05) is 55.5 Å². The molecule has 6 heteroatoms. The smallest absolute Gasteiger partial charge is 0.278 e. The monoisotopic (exact) mass is 456 g/mol. The summed E-state index contributed by atoms with van der Waals surface area (Å²) < 4.78 is 6.62. The molecule has 0 spiro atoms. The average molecular weight is 457 g/mol. The second-order valence-corrected chi connectivity index (χ2v) is 8.29. The van der Waals surface area contributed by atoms with Crippen LogP contribution in [0.3, 0.4) is 0 Å². The first-order chi connectivity index (χ1) is 13.9. The number of nitrogens with zero attached hydrogens (tertiary/aromatic N) is 1. The molecule has 3 rings (SSSR count). The number of hydrogen-bond donors (Lipinski definition) is 1. The van der Waals surface area contributed by atoms with E-state index in [0.29, 0.717) is 42.3 Å². The lowest BCUT2D eigenvalue weighted by atomic mass is 10.0. The van der Waals surface area contributed by atoms with Gasteiger partial charge in [-0.25, -0.2) is 0 Å². The van der Waals surface area contributed by atoms with Gasteiger partial charge in [0.05, 0.1) is 12.2 Å². The molecule has 2 aromatic rings. The van der Waals surface area contributed by atoms with Crippen LogP contribution >= 0.6 is 15.9 Å². The van der Waals surface area contributed by atoms with Gasteiger partial charge in [0.15, 0.2) is 0 Å². The van der Waals surface area contributed by atoms with Crippen molar-refractivity contribution in [1.29, 1.82) is 0 Å². The number of imide groups is 1. The number of anilines is 1. The van der Waals surface area contributed by atoms with Crippen LogP contribution in [0.4, 0.5) is 5.69 Å². The Bertz CT molecular complexity index is 935. The summed E-state index contributed by atoms with van der Waals surface area (Å²) >= 11 is 3.44. The van der Waals surface area contributed by atoms with Gasteiger partial charge >= 0.3 is 0 Å². The molecule has 0 radical (unpaired) electrons. The molecule has 0 aliphatic carbocycles. The maximum atomic E-state index is 13.0. The molecule has 0 saturated heterocycles. The predicted octanol–water partition coefficient (Wildman–Crippen LogP) is 5.09. The fourth-order valence-electron chi connectivity index (χ4n) is 3.08. The number of amides is 2. The van der Waals surface area contributed by atoms with Gasteiger partial charge < -0.3 is 10.1 Å². The Balaban J connectivity index is 1.96. The number of halogens is 1. The summed E-state index contributed by atoms with van der Waals surface area (Å²) in [7, 11) is 0. The first kappa shape index (κ1) is 21.1. The Labute approximate surface area is 179 Å². The topological polar surface area (TPSA) is 58.6 Å². The van der Waals surface area contributed by atoms with Crippen LogP contribution in [0.25, 0.3) is 5.57 Å². The van der Waals surface area contributed by atoms with Crippen molar-refractivity contribution in [1.82, 2.24) is 4.90 Å². The highest BCUT2D eigenvalue weighted by atomic mass is 79.9. The van der Waals surface area contributed by atoms with Gasteiger partial charge in [-0.3, -0.25) is 14.5 Å². The van der Waals surface area contributed by atoms with Crippen LogP contribution < -0.4 is 10.1 Å². The molecular weight excluding hydrogens is 432 g/mol. The summed E-state index contributed by atoms with van der Waals surface area (Å²) in [6.07, 6.45) is 0.705. The normalized spacial score (nSPS) is 14.2. The van der Waals surface area contributed by atoms with Crippen LogP contribution in [-0.2, 0) is 9.59 Å². The van der Waals surface area contributed by atoms with Crippen LogP contribution in [-0.4, -0.2) is 29.9 Å². The number of nitrogens with one attached hydrogen (secondary N) is 1. The minimum absolute atomic E-state index is 0.273. The third kappa shape index (κ3) is 4.88. The van der Waals surface area contributed by atoms with Gasteiger partial charge in [-0.2, -0.15) is 0 Å². The molecule has 29 heavy (non-hydrogen) atoms. The Hall–Kier alpha value is -2.60. The molecule has 1 aliphatic heterocycles. The molecular formula is C23H25BrN2O3. The molecule has 2 amide bonds. The molecule has 0 aromatic heterocycles. The highest BCUT2D eigenvalue weighted by Gasteiger charge is 2.38. The van der Waals surface area contributed by atoms with Crippen molar-refractivity contribution in [3.63, 3.8) is 0 Å². The third-order valence-electron chi connectivity index (χ3n) is 4.44. The predicted molar refractivity (Wildman–Crippen MR) is 118 cm³/mol. The largest absolute Gasteiger partial charge is 0.493 e. The zero-order valence-corrected chi connectivity index (χ0v) is 18.5. The van der Waals surface area contributed by atoms with Gasteiger partial charge in [-0.1, -0.05) is 54.9 Å². The van der Waals surface area contributed by atoms with E-state index in [0.717, 1.165) is 15.9 Å². The summed E-state index contributed by atoms with van der Waals surface area (Å²) in [5, 5.41) is 3.16. The average Bonchev–Trinajstić information content (AvgIpc) is 2.91. The lowest BCUT2D eigenvalue weighted by Gasteiger charge is -2.14. The van der Waals surface area contributed by atoms with Crippen LogP contribution in [0.2, 0.25) is 0 Å². The minimum atomic E-state index is -0.299. The number of benzene rings is 2. The van der Waals surface area contributed by atoms with E-state index in [1.54, 1.807) is 0 Å². The highest BCUT2D eigenvalue weighted by Crippen LogP contribution is 2.32. The standard InChI is InChI=1S/C23H25BrN2O3/c1-4-12-26-22(27)20(16-8-10-19(11-9-16)29-14-15(2)3)21(23(26)28)25-18-7-5-6-17(24)13-18/h5-11,13,15,25H,4,12,14H2,1-3H3. The number of hydrogen-bond acceptors (Lipinski definition) is 4. The molecule has 0 atom stereocenters. The van der Waals surface area contributed by atoms with Crippen LogP contribution in [0.5, 0.6) is 5.75 Å². The molecule has 5 nitrogen and oxygen atoms in total. The Morgan fingerprint density at radius 1 is 1.07 bits per heavy atom. The van der Waals surface area contributed by atoms with Crippen molar-refractivity contribution in [2.24, 2.45) is 5.92 Å². The highest BCUT2D eigenvalue weighted by molar-refractivity contribution is 9.10. The Kier molecular flexibility index (Phi) is 6.75. The molecule has 0 unspecified atom stereocenters. The molecule has 152 valence electrons. The van der Waals surface area contributed by atoms with Gasteiger partial charge in [0, 0.05) is 16.7 Å². The summed E-state index contributed by atoms with van der Waals surface area (Å²) in [6.45, 7) is 7.13. The van der Waals surface area contributed by atoms with E-state index in [9.17, 15) is 9.59 Å². The quantitative estimate of drug-likeness (QED) is 0.562. The molecule has 1 heterocycles. The number of carbonyl (C=O) groups excluding carboxylic acids is 2. The van der Waals surface area contributed by atoms with Crippen LogP contribution in [0.1, 0.15) is 32.8 Å². The van der Waals surface area contributed by atoms with E-state index in [4.69, 9.17) is 4.74 Å². The fraction of sp³-hybridized carbons (Fsp3) is 0.304. The maximum absolute atomic E-state index is 13.0. The summed E-state index contributed by atoms with van der Waals surface area (Å²) in [6, 6.07) is 14.8. The van der Waals surface area contributed by atoms with Gasteiger partial charge in [0.25, 0.3) is 11.8 Å². The first-order valence-corrected chi connectivity index (χ1v) is 10.6. The SMILES string of the molecule is CCCN1C(=O)C(Nc2cccc(Br)c2)=C(c2ccc(OCC(C)C)cc2)C1=O. The van der Waals surface area contributed by atoms with Crippen molar-refractivity contribution in [2.75, 3.05) is 18.5 Å². The zero-order chi connectivity index (χ0) is 21.0. The molecule has 0 fully saturated rings.